The molecule has 130 valence electrons. The fourth-order valence-electron chi connectivity index (χ4n) is 3.16. The van der Waals surface area contributed by atoms with Crippen molar-refractivity contribution in [1.29, 1.82) is 0 Å². The van der Waals surface area contributed by atoms with Crippen LogP contribution in [-0.4, -0.2) is 33.5 Å². The minimum Gasteiger partial charge on any atom is -0.493 e. The molecule has 24 heavy (non-hydrogen) atoms. The van der Waals surface area contributed by atoms with Crippen LogP contribution in [0.3, 0.4) is 0 Å². The quantitative estimate of drug-likeness (QED) is 0.832. The van der Waals surface area contributed by atoms with Crippen LogP contribution in [0.4, 0.5) is 0 Å². The van der Waals surface area contributed by atoms with E-state index in [4.69, 9.17) is 9.47 Å². The van der Waals surface area contributed by atoms with Crippen molar-refractivity contribution in [3.8, 4) is 11.5 Å². The molecule has 0 spiro atoms. The summed E-state index contributed by atoms with van der Waals surface area (Å²) in [7, 11) is -0.301. The van der Waals surface area contributed by atoms with Gasteiger partial charge in [0.15, 0.2) is 11.5 Å². The van der Waals surface area contributed by atoms with Gasteiger partial charge in [-0.05, 0) is 34.7 Å². The lowest BCUT2D eigenvalue weighted by Gasteiger charge is -2.39. The molecule has 2 aromatic rings. The highest BCUT2D eigenvalue weighted by atomic mass is 32.2. The third-order valence-corrected chi connectivity index (χ3v) is 7.51. The Hall–Kier alpha value is -1.57. The Labute approximate surface area is 146 Å². The average Bonchev–Trinajstić information content (AvgIpc) is 3.08. The Balaban J connectivity index is 2.07. The molecule has 3 rings (SSSR count). The molecular weight excluding hydrogens is 346 g/mol. The number of sulfonamides is 1. The third-order valence-electron chi connectivity index (χ3n) is 4.35. The van der Waals surface area contributed by atoms with Crippen molar-refractivity contribution >= 4 is 21.4 Å². The van der Waals surface area contributed by atoms with Gasteiger partial charge in [0.2, 0.25) is 0 Å². The van der Waals surface area contributed by atoms with Gasteiger partial charge in [-0.2, -0.15) is 4.31 Å². The molecule has 0 aliphatic carbocycles. The van der Waals surface area contributed by atoms with Gasteiger partial charge in [-0.3, -0.25) is 0 Å². The number of methoxy groups -OCH3 is 2. The van der Waals surface area contributed by atoms with Crippen LogP contribution in [0.1, 0.15) is 25.0 Å². The van der Waals surface area contributed by atoms with E-state index in [0.29, 0.717) is 28.8 Å². The topological polar surface area (TPSA) is 55.8 Å². The minimum atomic E-state index is -3.49. The van der Waals surface area contributed by atoms with Gasteiger partial charge >= 0.3 is 0 Å². The maximum Gasteiger partial charge on any atom is 0.252 e. The van der Waals surface area contributed by atoms with Gasteiger partial charge in [0.05, 0.1) is 14.2 Å². The van der Waals surface area contributed by atoms with Gasteiger partial charge in [-0.15, -0.1) is 11.3 Å². The zero-order valence-electron chi connectivity index (χ0n) is 14.2. The number of benzene rings is 1. The predicted molar refractivity (Wildman–Crippen MR) is 94.5 cm³/mol. The van der Waals surface area contributed by atoms with Crippen LogP contribution in [-0.2, 0) is 22.0 Å². The summed E-state index contributed by atoms with van der Waals surface area (Å²) < 4.78 is 38.5. The first-order chi connectivity index (χ1) is 11.3. The summed E-state index contributed by atoms with van der Waals surface area (Å²) in [5.41, 5.74) is 1.72. The third kappa shape index (κ3) is 2.81. The number of hydrogen-bond acceptors (Lipinski definition) is 5. The molecule has 2 heterocycles. The lowest BCUT2D eigenvalue weighted by atomic mass is 9.79. The summed E-state index contributed by atoms with van der Waals surface area (Å²) >= 11 is 1.24. The average molecular weight is 367 g/mol. The number of hydrogen-bond donors (Lipinski definition) is 0. The largest absolute Gasteiger partial charge is 0.493 e. The highest BCUT2D eigenvalue weighted by Crippen LogP contribution is 2.41. The smallest absolute Gasteiger partial charge is 0.252 e. The van der Waals surface area contributed by atoms with Crippen LogP contribution < -0.4 is 9.47 Å². The number of nitrogens with zero attached hydrogens (tertiary/aromatic N) is 1. The summed E-state index contributed by atoms with van der Waals surface area (Å²) in [6, 6.07) is 7.25. The van der Waals surface area contributed by atoms with Gasteiger partial charge in [0.25, 0.3) is 10.0 Å². The van der Waals surface area contributed by atoms with Gasteiger partial charge in [0, 0.05) is 18.5 Å². The van der Waals surface area contributed by atoms with Gasteiger partial charge in [-0.1, -0.05) is 19.9 Å². The maximum atomic E-state index is 12.9. The second-order valence-electron chi connectivity index (χ2n) is 6.45. The van der Waals surface area contributed by atoms with Crippen molar-refractivity contribution in [3.05, 3.63) is 40.8 Å². The van der Waals surface area contributed by atoms with Crippen molar-refractivity contribution in [2.45, 2.75) is 30.0 Å². The second-order valence-corrected chi connectivity index (χ2v) is 9.57. The molecule has 0 atom stereocenters. The van der Waals surface area contributed by atoms with E-state index < -0.39 is 10.0 Å². The predicted octanol–water partition coefficient (Wildman–Crippen LogP) is 3.25. The number of rotatable bonds is 4. The molecule has 1 aromatic carbocycles. The van der Waals surface area contributed by atoms with E-state index in [0.717, 1.165) is 11.1 Å². The van der Waals surface area contributed by atoms with Crippen LogP contribution >= 0.6 is 11.3 Å². The molecule has 1 aliphatic heterocycles. The zero-order valence-corrected chi connectivity index (χ0v) is 15.8. The first-order valence-corrected chi connectivity index (χ1v) is 9.90. The van der Waals surface area contributed by atoms with E-state index in [1.807, 2.05) is 26.0 Å². The normalized spacial score (nSPS) is 17.3. The fourth-order valence-corrected chi connectivity index (χ4v) is 5.89. The number of thiophene rings is 1. The summed E-state index contributed by atoms with van der Waals surface area (Å²) in [4.78, 5) is 0. The van der Waals surface area contributed by atoms with Crippen molar-refractivity contribution in [2.75, 3.05) is 20.8 Å². The highest BCUT2D eigenvalue weighted by Gasteiger charge is 2.38. The maximum absolute atomic E-state index is 12.9. The SMILES string of the molecule is COc1cc2c(cc1OC)C(C)(C)CN(S(=O)(=O)c1cccs1)C2. The van der Waals surface area contributed by atoms with Gasteiger partial charge < -0.3 is 9.47 Å². The summed E-state index contributed by atoms with van der Waals surface area (Å²) in [5, 5.41) is 1.78. The van der Waals surface area contributed by atoms with Crippen LogP contribution in [0.2, 0.25) is 0 Å². The summed E-state index contributed by atoms with van der Waals surface area (Å²) in [6.45, 7) is 4.86. The standard InChI is InChI=1S/C17H21NO4S2/c1-17(2)11-18(24(19,20)16-6-5-7-23-16)10-12-8-14(21-3)15(22-4)9-13(12)17/h5-9H,10-11H2,1-4H3. The van der Waals surface area contributed by atoms with E-state index in [9.17, 15) is 8.42 Å². The van der Waals surface area contributed by atoms with Crippen LogP contribution in [0.5, 0.6) is 11.5 Å². The van der Waals surface area contributed by atoms with Crippen LogP contribution in [0, 0.1) is 0 Å². The molecule has 0 saturated carbocycles. The molecule has 1 aromatic heterocycles. The molecule has 0 radical (unpaired) electrons. The zero-order chi connectivity index (χ0) is 17.5. The molecule has 7 heteroatoms. The second kappa shape index (κ2) is 6.06. The van der Waals surface area contributed by atoms with Gasteiger partial charge in [-0.25, -0.2) is 8.42 Å². The van der Waals surface area contributed by atoms with Crippen molar-refractivity contribution in [2.24, 2.45) is 0 Å². The first-order valence-electron chi connectivity index (χ1n) is 7.58. The minimum absolute atomic E-state index is 0.322. The summed E-state index contributed by atoms with van der Waals surface area (Å²) in [6.07, 6.45) is 0. The van der Waals surface area contributed by atoms with Crippen LogP contribution in [0.25, 0.3) is 0 Å². The van der Waals surface area contributed by atoms with E-state index >= 15 is 0 Å². The Morgan fingerprint density at radius 3 is 2.42 bits per heavy atom. The molecule has 0 saturated heterocycles. The molecule has 0 N–H and O–H groups in total. The molecule has 1 aliphatic rings. The molecular formula is C17H21NO4S2. The van der Waals surface area contributed by atoms with Gasteiger partial charge in [0.1, 0.15) is 4.21 Å². The first kappa shape index (κ1) is 17.3. The number of fused-ring (bicyclic) bond motifs is 1. The highest BCUT2D eigenvalue weighted by molar-refractivity contribution is 7.91. The Kier molecular flexibility index (Phi) is 4.36. The van der Waals surface area contributed by atoms with Crippen LogP contribution in [0.15, 0.2) is 33.9 Å². The Bertz CT molecular complexity index is 842. The number of ether oxygens (including phenoxy) is 2. The molecule has 0 fully saturated rings. The fraction of sp³-hybridized carbons (Fsp3) is 0.412. The molecule has 0 amide bonds. The molecule has 0 bridgehead atoms. The van der Waals surface area contributed by atoms with E-state index in [2.05, 4.69) is 0 Å². The van der Waals surface area contributed by atoms with E-state index in [1.54, 1.807) is 36.0 Å². The molecule has 5 nitrogen and oxygen atoms in total. The Morgan fingerprint density at radius 1 is 1.17 bits per heavy atom. The molecule has 0 unspecified atom stereocenters. The summed E-state index contributed by atoms with van der Waals surface area (Å²) in [5.74, 6) is 1.28. The lowest BCUT2D eigenvalue weighted by Crippen LogP contribution is -2.44. The van der Waals surface area contributed by atoms with Crippen molar-refractivity contribution < 1.29 is 17.9 Å². The van der Waals surface area contributed by atoms with E-state index in [-0.39, 0.29) is 5.41 Å². The monoisotopic (exact) mass is 367 g/mol. The van der Waals surface area contributed by atoms with Crippen molar-refractivity contribution in [1.82, 2.24) is 4.31 Å². The van der Waals surface area contributed by atoms with E-state index in [1.165, 1.54) is 11.3 Å². The lowest BCUT2D eigenvalue weighted by molar-refractivity contribution is 0.295. The Morgan fingerprint density at radius 2 is 1.83 bits per heavy atom. The van der Waals surface area contributed by atoms with Crippen molar-refractivity contribution in [3.63, 3.8) is 0 Å².